The highest BCUT2D eigenvalue weighted by Gasteiger charge is 2.43. The first-order chi connectivity index (χ1) is 8.81. The number of aliphatic imine (C=N–C) groups is 1. The molecule has 3 rings (SSSR count). The summed E-state index contributed by atoms with van der Waals surface area (Å²) in [7, 11) is 1.77. The largest absolute Gasteiger partial charge is 0.476 e. The zero-order valence-electron chi connectivity index (χ0n) is 9.94. The molecule has 1 fully saturated rings. The Hall–Kier alpha value is -1.47. The lowest BCUT2D eigenvalue weighted by Crippen LogP contribution is -2.51. The normalized spacial score (nSPS) is 31.1. The van der Waals surface area contributed by atoms with E-state index >= 15 is 0 Å². The van der Waals surface area contributed by atoms with Gasteiger partial charge in [0.25, 0.3) is 0 Å². The van der Waals surface area contributed by atoms with Gasteiger partial charge in [-0.05, 0) is 13.5 Å². The third kappa shape index (κ3) is 1.79. The highest BCUT2D eigenvalue weighted by Crippen LogP contribution is 2.27. The molecule has 2 aliphatic rings. The van der Waals surface area contributed by atoms with Gasteiger partial charge < -0.3 is 10.1 Å². The average molecular weight is 266 g/mol. The summed E-state index contributed by atoms with van der Waals surface area (Å²) >= 11 is 1.47. The van der Waals surface area contributed by atoms with Gasteiger partial charge in [-0.15, -0.1) is 11.3 Å². The van der Waals surface area contributed by atoms with E-state index in [1.165, 1.54) is 17.7 Å². The van der Waals surface area contributed by atoms with Crippen molar-refractivity contribution in [3.63, 3.8) is 0 Å². The SMILES string of the molecule is CNC1C(=O)N(c2nccs2)CCC2N=COC21. The smallest absolute Gasteiger partial charge is 0.249 e. The molecule has 6 nitrogen and oxygen atoms in total. The molecule has 0 aliphatic carbocycles. The molecule has 18 heavy (non-hydrogen) atoms. The third-order valence-electron chi connectivity index (χ3n) is 3.32. The average Bonchev–Trinajstić information content (AvgIpc) is 3.01. The number of nitrogens with one attached hydrogen (secondary N) is 1. The second kappa shape index (κ2) is 4.66. The molecule has 0 radical (unpaired) electrons. The summed E-state index contributed by atoms with van der Waals surface area (Å²) in [6, 6.07) is -0.319. The maximum atomic E-state index is 12.5. The summed E-state index contributed by atoms with van der Waals surface area (Å²) in [5.74, 6) is 0.00505. The van der Waals surface area contributed by atoms with Gasteiger partial charge >= 0.3 is 0 Å². The zero-order valence-corrected chi connectivity index (χ0v) is 10.8. The molecular weight excluding hydrogens is 252 g/mol. The fourth-order valence-electron chi connectivity index (χ4n) is 2.41. The summed E-state index contributed by atoms with van der Waals surface area (Å²) in [6.45, 7) is 0.631. The van der Waals surface area contributed by atoms with Crippen LogP contribution in [-0.2, 0) is 9.53 Å². The number of amides is 1. The molecule has 3 unspecified atom stereocenters. The van der Waals surface area contributed by atoms with Crippen LogP contribution < -0.4 is 10.2 Å². The molecule has 96 valence electrons. The van der Waals surface area contributed by atoms with Crippen LogP contribution in [0.1, 0.15) is 6.42 Å². The first-order valence-electron chi connectivity index (χ1n) is 5.86. The van der Waals surface area contributed by atoms with E-state index in [-0.39, 0.29) is 24.1 Å². The molecule has 1 saturated heterocycles. The number of thiazole rings is 1. The molecule has 1 amide bonds. The second-order valence-corrected chi connectivity index (χ2v) is 5.16. The van der Waals surface area contributed by atoms with Gasteiger partial charge in [0.2, 0.25) is 5.91 Å². The maximum absolute atomic E-state index is 12.5. The summed E-state index contributed by atoms with van der Waals surface area (Å²) < 4.78 is 5.46. The fourth-order valence-corrected chi connectivity index (χ4v) is 3.08. The quantitative estimate of drug-likeness (QED) is 0.834. The molecule has 0 bridgehead atoms. The van der Waals surface area contributed by atoms with E-state index in [2.05, 4.69) is 15.3 Å². The minimum atomic E-state index is -0.371. The Balaban J connectivity index is 1.90. The maximum Gasteiger partial charge on any atom is 0.249 e. The topological polar surface area (TPSA) is 66.8 Å². The summed E-state index contributed by atoms with van der Waals surface area (Å²) in [6.07, 6.45) is 3.77. The van der Waals surface area contributed by atoms with Gasteiger partial charge in [-0.25, -0.2) is 4.98 Å². The number of aromatic nitrogens is 1. The Morgan fingerprint density at radius 1 is 1.61 bits per heavy atom. The molecule has 3 heterocycles. The van der Waals surface area contributed by atoms with Crippen molar-refractivity contribution in [2.24, 2.45) is 4.99 Å². The van der Waals surface area contributed by atoms with Crippen LogP contribution in [0.5, 0.6) is 0 Å². The number of rotatable bonds is 2. The van der Waals surface area contributed by atoms with Crippen LogP contribution in [-0.4, -0.2) is 49.1 Å². The number of anilines is 1. The van der Waals surface area contributed by atoms with E-state index in [1.54, 1.807) is 18.1 Å². The zero-order chi connectivity index (χ0) is 12.5. The van der Waals surface area contributed by atoms with Gasteiger partial charge in [-0.3, -0.25) is 14.7 Å². The minimum absolute atomic E-state index is 0.00505. The van der Waals surface area contributed by atoms with E-state index in [0.29, 0.717) is 6.54 Å². The predicted octanol–water partition coefficient (Wildman–Crippen LogP) is 0.263. The van der Waals surface area contributed by atoms with Crippen LogP contribution in [0.4, 0.5) is 5.13 Å². The number of fused-ring (bicyclic) bond motifs is 1. The predicted molar refractivity (Wildman–Crippen MR) is 69.1 cm³/mol. The first-order valence-corrected chi connectivity index (χ1v) is 6.74. The number of carbonyl (C=O) groups is 1. The molecule has 3 atom stereocenters. The minimum Gasteiger partial charge on any atom is -0.476 e. The molecule has 2 aliphatic heterocycles. The van der Waals surface area contributed by atoms with E-state index in [0.717, 1.165) is 11.6 Å². The fraction of sp³-hybridized carbons (Fsp3) is 0.545. The molecule has 0 aromatic carbocycles. The van der Waals surface area contributed by atoms with Crippen molar-refractivity contribution in [3.05, 3.63) is 11.6 Å². The molecule has 1 aromatic heterocycles. The van der Waals surface area contributed by atoms with Gasteiger partial charge in [-0.2, -0.15) is 0 Å². The lowest BCUT2D eigenvalue weighted by atomic mass is 10.0. The van der Waals surface area contributed by atoms with Crippen LogP contribution in [0.15, 0.2) is 16.6 Å². The van der Waals surface area contributed by atoms with Crippen LogP contribution >= 0.6 is 11.3 Å². The van der Waals surface area contributed by atoms with E-state index < -0.39 is 0 Å². The lowest BCUT2D eigenvalue weighted by Gasteiger charge is -2.24. The number of hydrogen-bond donors (Lipinski definition) is 1. The van der Waals surface area contributed by atoms with Crippen molar-refractivity contribution in [1.82, 2.24) is 10.3 Å². The molecule has 0 spiro atoms. The summed E-state index contributed by atoms with van der Waals surface area (Å²) in [4.78, 5) is 22.7. The molecular formula is C11H14N4O2S. The monoisotopic (exact) mass is 266 g/mol. The second-order valence-electron chi connectivity index (χ2n) is 4.28. The highest BCUT2D eigenvalue weighted by molar-refractivity contribution is 7.13. The Bertz CT molecular complexity index is 462. The van der Waals surface area contributed by atoms with Crippen LogP contribution in [0.2, 0.25) is 0 Å². The first kappa shape index (κ1) is 11.6. The van der Waals surface area contributed by atoms with E-state index in [4.69, 9.17) is 4.74 Å². The summed E-state index contributed by atoms with van der Waals surface area (Å²) in [5, 5.41) is 5.65. The Morgan fingerprint density at radius 3 is 3.22 bits per heavy atom. The summed E-state index contributed by atoms with van der Waals surface area (Å²) in [5.41, 5.74) is 0. The standard InChI is InChI=1S/C11H14N4O2S/c1-12-8-9-7(14-6-17-9)2-4-15(10(8)16)11-13-3-5-18-11/h3,5-9,12H,2,4H2,1H3. The van der Waals surface area contributed by atoms with Crippen molar-refractivity contribution >= 4 is 28.8 Å². The molecule has 1 aromatic rings. The number of nitrogens with zero attached hydrogens (tertiary/aromatic N) is 3. The van der Waals surface area contributed by atoms with Crippen molar-refractivity contribution in [2.45, 2.75) is 24.6 Å². The van der Waals surface area contributed by atoms with Crippen LogP contribution in [0, 0.1) is 0 Å². The third-order valence-corrected chi connectivity index (χ3v) is 4.11. The Morgan fingerprint density at radius 2 is 2.50 bits per heavy atom. The van der Waals surface area contributed by atoms with Crippen molar-refractivity contribution in [2.75, 3.05) is 18.5 Å². The number of ether oxygens (including phenoxy) is 1. The Kier molecular flexibility index (Phi) is 3.00. The molecule has 7 heteroatoms. The van der Waals surface area contributed by atoms with Gasteiger partial charge in [-0.1, -0.05) is 0 Å². The van der Waals surface area contributed by atoms with Gasteiger partial charge in [0.15, 0.2) is 11.5 Å². The highest BCUT2D eigenvalue weighted by atomic mass is 32.1. The molecule has 1 N–H and O–H groups in total. The molecule has 0 saturated carbocycles. The van der Waals surface area contributed by atoms with E-state index in [1.807, 2.05) is 5.38 Å². The van der Waals surface area contributed by atoms with Gasteiger partial charge in [0, 0.05) is 18.1 Å². The number of carbonyl (C=O) groups excluding carboxylic acids is 1. The Labute approximate surface area is 109 Å². The van der Waals surface area contributed by atoms with Gasteiger partial charge in [0.1, 0.15) is 12.1 Å². The van der Waals surface area contributed by atoms with Gasteiger partial charge in [0.05, 0.1) is 6.04 Å². The van der Waals surface area contributed by atoms with Crippen molar-refractivity contribution < 1.29 is 9.53 Å². The van der Waals surface area contributed by atoms with Crippen LogP contribution in [0.25, 0.3) is 0 Å². The van der Waals surface area contributed by atoms with Crippen molar-refractivity contribution in [3.8, 4) is 0 Å². The van der Waals surface area contributed by atoms with Crippen LogP contribution in [0.3, 0.4) is 0 Å². The number of likely N-dealkylation sites (N-methyl/N-ethyl adjacent to an activating group) is 1. The van der Waals surface area contributed by atoms with Crippen molar-refractivity contribution in [1.29, 1.82) is 0 Å². The van der Waals surface area contributed by atoms with E-state index in [9.17, 15) is 4.79 Å². The number of hydrogen-bond acceptors (Lipinski definition) is 6. The lowest BCUT2D eigenvalue weighted by molar-refractivity contribution is -0.122.